The zero-order valence-electron chi connectivity index (χ0n) is 31.3. The number of benzene rings is 2. The highest BCUT2D eigenvalue weighted by Crippen LogP contribution is 2.49. The largest absolute Gasteiger partial charge is 0.491 e. The van der Waals surface area contributed by atoms with E-state index in [9.17, 15) is 9.00 Å². The summed E-state index contributed by atoms with van der Waals surface area (Å²) in [6, 6.07) is 12.0. The maximum atomic E-state index is 13.6. The van der Waals surface area contributed by atoms with E-state index in [0.29, 0.717) is 24.0 Å². The fourth-order valence-corrected chi connectivity index (χ4v) is 10.3. The Bertz CT molecular complexity index is 1550. The minimum Gasteiger partial charge on any atom is -0.491 e. The van der Waals surface area contributed by atoms with Crippen LogP contribution in [0.3, 0.4) is 0 Å². The maximum Gasteiger partial charge on any atom is 0.263 e. The van der Waals surface area contributed by atoms with Crippen LogP contribution < -0.4 is 14.4 Å². The number of methoxy groups -OCH3 is 1. The number of nitrogens with zero attached hydrogens (tertiary/aromatic N) is 3. The van der Waals surface area contributed by atoms with Crippen molar-refractivity contribution in [2.45, 2.75) is 94.9 Å². The van der Waals surface area contributed by atoms with Crippen LogP contribution in [0.1, 0.15) is 93.6 Å². The fourth-order valence-electron chi connectivity index (χ4n) is 9.02. The normalized spacial score (nSPS) is 31.9. The van der Waals surface area contributed by atoms with E-state index in [2.05, 4.69) is 66.4 Å². The third-order valence-corrected chi connectivity index (χ3v) is 14.5. The van der Waals surface area contributed by atoms with Crippen LogP contribution in [0.25, 0.3) is 0 Å². The molecule has 1 aliphatic carbocycles. The van der Waals surface area contributed by atoms with E-state index in [-0.39, 0.29) is 34.1 Å². The van der Waals surface area contributed by atoms with Gasteiger partial charge in [0.2, 0.25) is 0 Å². The monoisotopic (exact) mass is 726 g/mol. The number of anilines is 1. The van der Waals surface area contributed by atoms with Gasteiger partial charge in [0, 0.05) is 61.9 Å². The predicted octanol–water partition coefficient (Wildman–Crippen LogP) is 6.92. The Labute approximate surface area is 308 Å². The lowest BCUT2D eigenvalue weighted by Gasteiger charge is -2.58. The van der Waals surface area contributed by atoms with E-state index in [0.717, 1.165) is 94.1 Å². The van der Waals surface area contributed by atoms with Gasteiger partial charge in [-0.15, -0.1) is 0 Å². The third kappa shape index (κ3) is 7.64. The molecule has 3 heterocycles. The maximum absolute atomic E-state index is 13.6. The minimum absolute atomic E-state index is 0.134. The highest BCUT2D eigenvalue weighted by atomic mass is 35.5. The molecule has 2 aromatic carbocycles. The molecular formula is C40H59ClN4O4S. The van der Waals surface area contributed by atoms with Crippen LogP contribution in [0.2, 0.25) is 5.02 Å². The highest BCUT2D eigenvalue weighted by Gasteiger charge is 2.52. The first kappa shape index (κ1) is 37.6. The second kappa shape index (κ2) is 15.4. The fraction of sp³-hybridized carbons (Fsp3) is 0.675. The van der Waals surface area contributed by atoms with Crippen LogP contribution in [-0.4, -0.2) is 96.8 Å². The van der Waals surface area contributed by atoms with Crippen molar-refractivity contribution in [1.29, 1.82) is 0 Å². The number of aryl methyl sites for hydroxylation is 1. The second-order valence-corrected chi connectivity index (χ2v) is 18.2. The van der Waals surface area contributed by atoms with Gasteiger partial charge in [-0.2, -0.15) is 0 Å². The smallest absolute Gasteiger partial charge is 0.263 e. The Morgan fingerprint density at radius 2 is 1.88 bits per heavy atom. The van der Waals surface area contributed by atoms with E-state index in [4.69, 9.17) is 21.1 Å². The van der Waals surface area contributed by atoms with Gasteiger partial charge >= 0.3 is 0 Å². The lowest BCUT2D eigenvalue weighted by Crippen LogP contribution is -2.70. The molecule has 4 aliphatic rings. The number of hydrogen-bond donors (Lipinski definition) is 1. The standard InChI is InChI=1S/C40H59ClN4O4S/c1-8-10-29-19-33(41)14-15-34(29)32-22-45-21-31-12-16-35(31)40(48-7,26-44-24-39(4,25-44)43(5)6)18-9-11-27(2)28(3)50(47)42-38(46)30-13-17-37(49-23-32)36(45)20-30/h13-15,17,19-20,27-28,31-32,35H,8-12,16,18,21-26H2,1-7H3,(H,42,46)/t27?,28?,31?,32?,35?,40-,50?/m1/s1. The number of nitrogens with one attached hydrogen (secondary N) is 1. The van der Waals surface area contributed by atoms with Crippen LogP contribution in [-0.2, 0) is 22.1 Å². The van der Waals surface area contributed by atoms with E-state index in [1.807, 2.05) is 38.3 Å². The predicted molar refractivity (Wildman–Crippen MR) is 205 cm³/mol. The molecule has 276 valence electrons. The van der Waals surface area contributed by atoms with E-state index < -0.39 is 11.0 Å². The molecule has 2 aromatic rings. The minimum atomic E-state index is -1.51. The molecule has 2 fully saturated rings. The number of hydrogen-bond acceptors (Lipinski definition) is 7. The van der Waals surface area contributed by atoms with Crippen LogP contribution in [0.5, 0.6) is 5.75 Å². The summed E-state index contributed by atoms with van der Waals surface area (Å²) in [5, 5.41) is 0.590. The van der Waals surface area contributed by atoms with Crippen molar-refractivity contribution in [2.75, 3.05) is 65.4 Å². The first-order valence-corrected chi connectivity index (χ1v) is 20.4. The number of rotatable bonds is 7. The zero-order chi connectivity index (χ0) is 35.8. The van der Waals surface area contributed by atoms with Crippen molar-refractivity contribution in [3.05, 3.63) is 58.1 Å². The molecule has 0 aromatic heterocycles. The molecule has 3 aliphatic heterocycles. The molecule has 6 rings (SSSR count). The lowest BCUT2D eigenvalue weighted by molar-refractivity contribution is -0.151. The van der Waals surface area contributed by atoms with Crippen molar-refractivity contribution in [3.8, 4) is 5.75 Å². The number of likely N-dealkylation sites (N-methyl/N-ethyl adjacent to an activating group) is 1. The van der Waals surface area contributed by atoms with Crippen LogP contribution >= 0.6 is 11.6 Å². The first-order valence-electron chi connectivity index (χ1n) is 18.8. The third-order valence-electron chi connectivity index (χ3n) is 12.8. The summed E-state index contributed by atoms with van der Waals surface area (Å²) in [5.41, 5.74) is 3.92. The molecule has 1 saturated carbocycles. The Morgan fingerprint density at radius 1 is 1.10 bits per heavy atom. The number of ether oxygens (including phenoxy) is 2. The average molecular weight is 727 g/mol. The molecule has 1 saturated heterocycles. The van der Waals surface area contributed by atoms with Crippen LogP contribution in [0.15, 0.2) is 36.4 Å². The zero-order valence-corrected chi connectivity index (χ0v) is 32.9. The van der Waals surface area contributed by atoms with Gasteiger partial charge in [0.1, 0.15) is 16.7 Å². The first-order chi connectivity index (χ1) is 23.9. The summed E-state index contributed by atoms with van der Waals surface area (Å²) >= 11 is 6.50. The number of carbonyl (C=O) groups is 1. The Balaban J connectivity index is 1.37. The number of amides is 1. The van der Waals surface area contributed by atoms with Crippen LogP contribution in [0, 0.1) is 17.8 Å². The number of likely N-dealkylation sites (tertiary alicyclic amines) is 1. The summed E-state index contributed by atoms with van der Waals surface area (Å²) in [4.78, 5) is 21.0. The molecule has 6 unspecified atom stereocenters. The molecule has 50 heavy (non-hydrogen) atoms. The van der Waals surface area contributed by atoms with Gasteiger partial charge in [0.15, 0.2) is 0 Å². The van der Waals surface area contributed by atoms with Gasteiger partial charge in [-0.3, -0.25) is 14.4 Å². The molecule has 2 bridgehead atoms. The number of halogens is 1. The summed E-state index contributed by atoms with van der Waals surface area (Å²) in [7, 11) is 4.79. The lowest BCUT2D eigenvalue weighted by atomic mass is 9.62. The molecule has 10 heteroatoms. The quantitative estimate of drug-likeness (QED) is 0.332. The molecule has 7 atom stereocenters. The van der Waals surface area contributed by atoms with Crippen molar-refractivity contribution < 1.29 is 18.5 Å². The second-order valence-electron chi connectivity index (χ2n) is 16.2. The van der Waals surface area contributed by atoms with Gasteiger partial charge < -0.3 is 19.3 Å². The van der Waals surface area contributed by atoms with Gasteiger partial charge in [-0.25, -0.2) is 4.21 Å². The van der Waals surface area contributed by atoms with E-state index in [1.54, 1.807) is 0 Å². The molecule has 0 radical (unpaired) electrons. The van der Waals surface area contributed by atoms with Crippen molar-refractivity contribution in [2.24, 2.45) is 17.8 Å². The SMILES string of the molecule is CCCc1cc(Cl)ccc1C1COc2ccc3cc2N(C1)CC1CCC1[C@@](CN1CC(C)(N(C)C)C1)(OC)CCCC(C)C(C)S(=O)NC3=O. The summed E-state index contributed by atoms with van der Waals surface area (Å²) in [6.45, 7) is 13.9. The van der Waals surface area contributed by atoms with Crippen molar-refractivity contribution in [3.63, 3.8) is 0 Å². The van der Waals surface area contributed by atoms with Gasteiger partial charge in [0.05, 0.1) is 23.1 Å². The molecule has 8 nitrogen and oxygen atoms in total. The molecular weight excluding hydrogens is 668 g/mol. The summed E-state index contributed by atoms with van der Waals surface area (Å²) < 4.78 is 29.6. The van der Waals surface area contributed by atoms with Gasteiger partial charge in [-0.05, 0) is 119 Å². The molecule has 1 N–H and O–H groups in total. The van der Waals surface area contributed by atoms with E-state index in [1.165, 1.54) is 11.1 Å². The topological polar surface area (TPSA) is 74.3 Å². The van der Waals surface area contributed by atoms with Crippen LogP contribution in [0.4, 0.5) is 5.69 Å². The highest BCUT2D eigenvalue weighted by molar-refractivity contribution is 7.84. The van der Waals surface area contributed by atoms with Crippen molar-refractivity contribution >= 4 is 34.2 Å². The molecule has 1 amide bonds. The average Bonchev–Trinajstić information content (AvgIpc) is 3.24. The van der Waals surface area contributed by atoms with Gasteiger partial charge in [0.25, 0.3) is 5.91 Å². The summed E-state index contributed by atoms with van der Waals surface area (Å²) in [5.74, 6) is 1.66. The number of carbonyl (C=O) groups excluding carboxylic acids is 1. The van der Waals surface area contributed by atoms with E-state index >= 15 is 0 Å². The van der Waals surface area contributed by atoms with Crippen molar-refractivity contribution in [1.82, 2.24) is 14.5 Å². The number of fused-ring (bicyclic) bond motifs is 2. The summed E-state index contributed by atoms with van der Waals surface area (Å²) in [6.07, 6.45) is 7.19. The molecule has 0 spiro atoms. The van der Waals surface area contributed by atoms with Gasteiger partial charge in [-0.1, -0.05) is 44.4 Å². The Kier molecular flexibility index (Phi) is 11.6. The Morgan fingerprint density at radius 3 is 2.56 bits per heavy atom. The Hall–Kier alpha value is -2.17.